The van der Waals surface area contributed by atoms with E-state index in [9.17, 15) is 14.9 Å². The Kier molecular flexibility index (Phi) is 5.08. The topological polar surface area (TPSA) is 84.6 Å². The number of hydrogen-bond acceptors (Lipinski definition) is 5. The van der Waals surface area contributed by atoms with Gasteiger partial charge >= 0.3 is 0 Å². The summed E-state index contributed by atoms with van der Waals surface area (Å²) in [4.78, 5) is 27.1. The summed E-state index contributed by atoms with van der Waals surface area (Å²) in [6.07, 6.45) is 1.57. The Morgan fingerprint density at radius 1 is 1.16 bits per heavy atom. The van der Waals surface area contributed by atoms with Gasteiger partial charge in [0.15, 0.2) is 5.17 Å². The highest BCUT2D eigenvalue weighted by Gasteiger charge is 2.24. The highest BCUT2D eigenvalue weighted by Crippen LogP contribution is 2.31. The lowest BCUT2D eigenvalue weighted by molar-refractivity contribution is -0.384. The Bertz CT molecular complexity index is 944. The molecule has 1 heterocycles. The summed E-state index contributed by atoms with van der Waals surface area (Å²) in [5.41, 5.74) is 1.07. The lowest BCUT2D eigenvalue weighted by atomic mass is 10.2. The number of rotatable bonds is 3. The van der Waals surface area contributed by atoms with Crippen LogP contribution in [0.4, 0.5) is 11.4 Å². The molecule has 0 aromatic heterocycles. The van der Waals surface area contributed by atoms with Crippen LogP contribution < -0.4 is 5.32 Å². The molecule has 2 aromatic carbocycles. The van der Waals surface area contributed by atoms with Crippen molar-refractivity contribution in [3.63, 3.8) is 0 Å². The van der Waals surface area contributed by atoms with E-state index >= 15 is 0 Å². The van der Waals surface area contributed by atoms with Gasteiger partial charge in [0.2, 0.25) is 0 Å². The molecular formula is C16H9Cl2N3O3S. The van der Waals surface area contributed by atoms with Crippen molar-refractivity contribution in [2.75, 3.05) is 0 Å². The van der Waals surface area contributed by atoms with Crippen LogP contribution in [0, 0.1) is 10.1 Å². The molecule has 25 heavy (non-hydrogen) atoms. The molecule has 6 nitrogen and oxygen atoms in total. The number of amidine groups is 1. The number of non-ortho nitro benzene ring substituents is 1. The fraction of sp³-hybridized carbons (Fsp3) is 0. The third kappa shape index (κ3) is 4.19. The van der Waals surface area contributed by atoms with E-state index in [4.69, 9.17) is 23.2 Å². The van der Waals surface area contributed by atoms with E-state index in [-0.39, 0.29) is 11.6 Å². The minimum absolute atomic E-state index is 0.0394. The molecule has 0 spiro atoms. The molecule has 0 aliphatic carbocycles. The monoisotopic (exact) mass is 393 g/mol. The highest BCUT2D eigenvalue weighted by atomic mass is 35.5. The molecule has 0 unspecified atom stereocenters. The van der Waals surface area contributed by atoms with Crippen LogP contribution in [0.3, 0.4) is 0 Å². The third-order valence-electron chi connectivity index (χ3n) is 3.16. The van der Waals surface area contributed by atoms with Crippen molar-refractivity contribution in [3.8, 4) is 0 Å². The lowest BCUT2D eigenvalue weighted by Crippen LogP contribution is -2.19. The first kappa shape index (κ1) is 17.5. The minimum atomic E-state index is -0.485. The molecule has 2 aromatic rings. The van der Waals surface area contributed by atoms with Crippen LogP contribution in [-0.4, -0.2) is 16.0 Å². The lowest BCUT2D eigenvalue weighted by Gasteiger charge is -1.99. The number of nitrogens with zero attached hydrogens (tertiary/aromatic N) is 2. The fourth-order valence-corrected chi connectivity index (χ4v) is 3.17. The Morgan fingerprint density at radius 2 is 1.96 bits per heavy atom. The maximum Gasteiger partial charge on any atom is 0.270 e. The van der Waals surface area contributed by atoms with Gasteiger partial charge < -0.3 is 5.32 Å². The summed E-state index contributed by atoms with van der Waals surface area (Å²) in [6, 6.07) is 10.9. The molecule has 1 N–H and O–H groups in total. The van der Waals surface area contributed by atoms with Crippen LogP contribution >= 0.6 is 35.0 Å². The zero-order valence-corrected chi connectivity index (χ0v) is 14.7. The first-order chi connectivity index (χ1) is 11.9. The van der Waals surface area contributed by atoms with Gasteiger partial charge in [-0.25, -0.2) is 4.99 Å². The van der Waals surface area contributed by atoms with Gasteiger partial charge in [0, 0.05) is 12.1 Å². The van der Waals surface area contributed by atoms with Gasteiger partial charge in [-0.2, -0.15) is 0 Å². The van der Waals surface area contributed by atoms with Crippen molar-refractivity contribution in [2.45, 2.75) is 0 Å². The van der Waals surface area contributed by atoms with Crippen LogP contribution in [-0.2, 0) is 4.79 Å². The second-order valence-electron chi connectivity index (χ2n) is 4.93. The number of amides is 1. The first-order valence-electron chi connectivity index (χ1n) is 6.91. The normalized spacial score (nSPS) is 17.1. The molecule has 1 fully saturated rings. The summed E-state index contributed by atoms with van der Waals surface area (Å²) >= 11 is 12.9. The summed E-state index contributed by atoms with van der Waals surface area (Å²) in [5, 5.41) is 14.6. The Balaban J connectivity index is 1.84. The summed E-state index contributed by atoms with van der Waals surface area (Å²) in [5.74, 6) is -0.324. The van der Waals surface area contributed by atoms with Gasteiger partial charge in [-0.3, -0.25) is 14.9 Å². The number of nitro groups is 1. The van der Waals surface area contributed by atoms with Crippen molar-refractivity contribution in [1.82, 2.24) is 5.32 Å². The zero-order valence-electron chi connectivity index (χ0n) is 12.4. The van der Waals surface area contributed by atoms with Gasteiger partial charge in [0.25, 0.3) is 11.6 Å². The number of hydrogen-bond donors (Lipinski definition) is 1. The number of benzene rings is 2. The Labute approximate surface area is 156 Å². The summed E-state index contributed by atoms with van der Waals surface area (Å²) < 4.78 is 0. The predicted octanol–water partition coefficient (Wildman–Crippen LogP) is 4.79. The van der Waals surface area contributed by atoms with E-state index in [0.29, 0.717) is 31.4 Å². The van der Waals surface area contributed by atoms with E-state index < -0.39 is 4.92 Å². The average molecular weight is 394 g/mol. The van der Waals surface area contributed by atoms with Crippen LogP contribution in [0.25, 0.3) is 6.08 Å². The number of thioether (sulfide) groups is 1. The first-order valence-corrected chi connectivity index (χ1v) is 8.49. The molecule has 1 saturated heterocycles. The Morgan fingerprint density at radius 3 is 2.68 bits per heavy atom. The van der Waals surface area contributed by atoms with Crippen molar-refractivity contribution >= 4 is 63.5 Å². The SMILES string of the molecule is O=C1NC(=Nc2ccc(Cl)c(Cl)c2)S/C1=C\c1cccc([N+](=O)[O-])c1. The fourth-order valence-electron chi connectivity index (χ4n) is 2.03. The molecule has 3 rings (SSSR count). The maximum absolute atomic E-state index is 12.1. The van der Waals surface area contributed by atoms with E-state index in [1.165, 1.54) is 12.1 Å². The molecule has 1 amide bonds. The number of halogens is 2. The molecule has 0 bridgehead atoms. The van der Waals surface area contributed by atoms with Gasteiger partial charge in [0.1, 0.15) is 0 Å². The van der Waals surface area contributed by atoms with Crippen molar-refractivity contribution in [1.29, 1.82) is 0 Å². The second-order valence-corrected chi connectivity index (χ2v) is 6.78. The van der Waals surface area contributed by atoms with Crippen LogP contribution in [0.2, 0.25) is 10.0 Å². The van der Waals surface area contributed by atoms with Crippen molar-refractivity contribution in [3.05, 3.63) is 73.1 Å². The van der Waals surface area contributed by atoms with Crippen molar-refractivity contribution in [2.24, 2.45) is 4.99 Å². The molecule has 0 radical (unpaired) electrons. The molecule has 0 atom stereocenters. The quantitative estimate of drug-likeness (QED) is 0.461. The maximum atomic E-state index is 12.1. The average Bonchev–Trinajstić information content (AvgIpc) is 2.90. The standard InChI is InChI=1S/C16H9Cl2N3O3S/c17-12-5-4-10(8-13(12)18)19-16-20-15(22)14(25-16)7-9-2-1-3-11(6-9)21(23)24/h1-8H,(H,19,20,22)/b14-7-. The largest absolute Gasteiger partial charge is 0.300 e. The van der Waals surface area contributed by atoms with E-state index in [0.717, 1.165) is 11.8 Å². The van der Waals surface area contributed by atoms with E-state index in [1.54, 1.807) is 36.4 Å². The van der Waals surface area contributed by atoms with Gasteiger partial charge in [-0.1, -0.05) is 35.3 Å². The number of carbonyl (C=O) groups excluding carboxylic acids is 1. The van der Waals surface area contributed by atoms with E-state index in [1.807, 2.05) is 0 Å². The summed E-state index contributed by atoms with van der Waals surface area (Å²) in [6.45, 7) is 0. The number of aliphatic imine (C=N–C) groups is 1. The Hall–Kier alpha value is -2.35. The smallest absolute Gasteiger partial charge is 0.270 e. The number of carbonyl (C=O) groups is 1. The number of nitro benzene ring substituents is 1. The van der Waals surface area contributed by atoms with Crippen LogP contribution in [0.1, 0.15) is 5.56 Å². The number of nitrogens with one attached hydrogen (secondary N) is 1. The minimum Gasteiger partial charge on any atom is -0.300 e. The zero-order chi connectivity index (χ0) is 18.0. The van der Waals surface area contributed by atoms with Crippen LogP contribution in [0.15, 0.2) is 52.4 Å². The molecule has 0 saturated carbocycles. The van der Waals surface area contributed by atoms with Gasteiger partial charge in [0.05, 0.1) is 25.6 Å². The molecule has 126 valence electrons. The molecular weight excluding hydrogens is 385 g/mol. The predicted molar refractivity (Wildman–Crippen MR) is 100 cm³/mol. The second kappa shape index (κ2) is 7.26. The molecule has 1 aliphatic rings. The van der Waals surface area contributed by atoms with Gasteiger partial charge in [-0.05, 0) is 41.6 Å². The highest BCUT2D eigenvalue weighted by molar-refractivity contribution is 8.18. The molecule has 1 aliphatic heterocycles. The third-order valence-corrected chi connectivity index (χ3v) is 4.81. The molecule has 9 heteroatoms. The summed E-state index contributed by atoms with van der Waals surface area (Å²) in [7, 11) is 0. The van der Waals surface area contributed by atoms with Crippen LogP contribution in [0.5, 0.6) is 0 Å². The van der Waals surface area contributed by atoms with Gasteiger partial charge in [-0.15, -0.1) is 0 Å². The van der Waals surface area contributed by atoms with Crippen molar-refractivity contribution < 1.29 is 9.72 Å². The van der Waals surface area contributed by atoms with E-state index in [2.05, 4.69) is 10.3 Å².